The highest BCUT2D eigenvalue weighted by atomic mass is 79.9. The van der Waals surface area contributed by atoms with Crippen molar-refractivity contribution >= 4 is 49.1 Å². The number of carbonyl (C=O) groups excluding carboxylic acids is 1. The lowest BCUT2D eigenvalue weighted by Gasteiger charge is -2.39. The van der Waals surface area contributed by atoms with Crippen molar-refractivity contribution in [2.45, 2.75) is 30.2 Å². The summed E-state index contributed by atoms with van der Waals surface area (Å²) in [5.74, 6) is 0.0903. The van der Waals surface area contributed by atoms with Gasteiger partial charge in [-0.05, 0) is 60.2 Å². The number of halogens is 2. The number of fused-ring (bicyclic) bond motifs is 1. The summed E-state index contributed by atoms with van der Waals surface area (Å²) in [5.41, 5.74) is 3.77. The molecule has 2 aliphatic heterocycles. The lowest BCUT2D eigenvalue weighted by atomic mass is 9.96. The Morgan fingerprint density at radius 3 is 2.21 bits per heavy atom. The van der Waals surface area contributed by atoms with Gasteiger partial charge in [0.2, 0.25) is 15.9 Å². The van der Waals surface area contributed by atoms with E-state index in [2.05, 4.69) is 33.0 Å². The number of rotatable bonds is 6. The molecule has 0 N–H and O–H groups in total. The molecule has 3 aromatic carbocycles. The number of nitrogens with zero attached hydrogens (tertiary/aromatic N) is 3. The van der Waals surface area contributed by atoms with Crippen molar-refractivity contribution in [3.8, 4) is 0 Å². The van der Waals surface area contributed by atoms with Gasteiger partial charge in [-0.1, -0.05) is 70.0 Å². The Bertz CT molecular complexity index is 1450. The molecule has 1 amide bonds. The van der Waals surface area contributed by atoms with Crippen molar-refractivity contribution in [1.29, 1.82) is 0 Å². The molecule has 1 saturated heterocycles. The zero-order valence-corrected chi connectivity index (χ0v) is 24.1. The average Bonchev–Trinajstić information content (AvgIpc) is 3.69. The molecule has 198 valence electrons. The summed E-state index contributed by atoms with van der Waals surface area (Å²) in [6, 6.07) is 21.8. The molecule has 1 atom stereocenters. The van der Waals surface area contributed by atoms with Gasteiger partial charge in [0.1, 0.15) is 4.90 Å². The molecule has 1 aliphatic carbocycles. The minimum Gasteiger partial charge on any atom is -0.310 e. The van der Waals surface area contributed by atoms with Crippen LogP contribution in [0.15, 0.2) is 76.1 Å². The summed E-state index contributed by atoms with van der Waals surface area (Å²) < 4.78 is 30.4. The van der Waals surface area contributed by atoms with Crippen LogP contribution in [0.3, 0.4) is 0 Å². The van der Waals surface area contributed by atoms with Gasteiger partial charge < -0.3 is 4.90 Å². The lowest BCUT2D eigenvalue weighted by Crippen LogP contribution is -2.50. The van der Waals surface area contributed by atoms with E-state index in [1.807, 2.05) is 48.5 Å². The summed E-state index contributed by atoms with van der Waals surface area (Å²) in [6.45, 7) is 2.45. The second-order valence-electron chi connectivity index (χ2n) is 10.2. The maximum Gasteiger partial charge on any atom is 0.245 e. The first-order valence-corrected chi connectivity index (χ1v) is 15.6. The van der Waals surface area contributed by atoms with Gasteiger partial charge in [0.05, 0.1) is 11.7 Å². The van der Waals surface area contributed by atoms with Crippen LogP contribution < -0.4 is 4.90 Å². The molecule has 6 rings (SSSR count). The molecule has 2 fully saturated rings. The van der Waals surface area contributed by atoms with Crippen molar-refractivity contribution in [2.75, 3.05) is 37.6 Å². The smallest absolute Gasteiger partial charge is 0.245 e. The van der Waals surface area contributed by atoms with Gasteiger partial charge in [-0.2, -0.15) is 4.31 Å². The summed E-state index contributed by atoms with van der Waals surface area (Å²) in [4.78, 5) is 17.3. The number of hydrogen-bond acceptors (Lipinski definition) is 4. The fourth-order valence-electron chi connectivity index (χ4n) is 5.67. The topological polar surface area (TPSA) is 60.9 Å². The SMILES string of the molecule is O=C(C1CC1)N1CCc2cc(Br)cc(S(=O)(=O)N3CCN(C(c4ccccc4)c4ccc(Cl)cc4)CC3)c21. The number of benzene rings is 3. The Morgan fingerprint density at radius 1 is 0.895 bits per heavy atom. The molecular formula is C29H29BrClN3O3S. The van der Waals surface area contributed by atoms with Crippen LogP contribution in [0.4, 0.5) is 5.69 Å². The molecule has 38 heavy (non-hydrogen) atoms. The van der Waals surface area contributed by atoms with Crippen LogP contribution in [0.5, 0.6) is 0 Å². The second-order valence-corrected chi connectivity index (χ2v) is 13.5. The molecule has 3 aliphatic rings. The molecular weight excluding hydrogens is 586 g/mol. The molecule has 3 aromatic rings. The summed E-state index contributed by atoms with van der Waals surface area (Å²) >= 11 is 9.67. The first-order chi connectivity index (χ1) is 18.3. The van der Waals surface area contributed by atoms with Crippen LogP contribution in [0, 0.1) is 5.92 Å². The zero-order chi connectivity index (χ0) is 26.4. The Balaban J connectivity index is 1.27. The van der Waals surface area contributed by atoms with Crippen molar-refractivity contribution in [3.63, 3.8) is 0 Å². The Hall–Kier alpha value is -2.23. The van der Waals surface area contributed by atoms with Crippen molar-refractivity contribution in [1.82, 2.24) is 9.21 Å². The summed E-state index contributed by atoms with van der Waals surface area (Å²) in [7, 11) is -3.80. The third-order valence-corrected chi connectivity index (χ3v) is 10.4. The minimum absolute atomic E-state index is 0.0000857. The number of amides is 1. The maximum atomic E-state index is 14.0. The average molecular weight is 615 g/mol. The number of piperazine rings is 1. The van der Waals surface area contributed by atoms with E-state index in [0.29, 0.717) is 49.9 Å². The van der Waals surface area contributed by atoms with Gasteiger partial charge in [0.25, 0.3) is 0 Å². The number of hydrogen-bond donors (Lipinski definition) is 0. The third kappa shape index (κ3) is 4.93. The highest BCUT2D eigenvalue weighted by Crippen LogP contribution is 2.42. The van der Waals surface area contributed by atoms with Crippen LogP contribution in [0.25, 0.3) is 0 Å². The van der Waals surface area contributed by atoms with Gasteiger partial charge in [-0.25, -0.2) is 8.42 Å². The molecule has 9 heteroatoms. The standard InChI is InChI=1S/C29H29BrClN3O3S/c30-24-18-23-12-13-34(29(35)22-6-7-22)28(23)26(19-24)38(36,37)33-16-14-32(15-17-33)27(20-4-2-1-3-5-20)21-8-10-25(31)11-9-21/h1-5,8-11,18-19,22,27H,6-7,12-17H2. The molecule has 1 unspecified atom stereocenters. The second kappa shape index (κ2) is 10.4. The summed E-state index contributed by atoms with van der Waals surface area (Å²) in [5, 5.41) is 0.687. The van der Waals surface area contributed by atoms with Crippen LogP contribution in [-0.2, 0) is 21.2 Å². The first kappa shape index (κ1) is 26.0. The third-order valence-electron chi connectivity index (χ3n) is 7.74. The van der Waals surface area contributed by atoms with Crippen molar-refractivity contribution in [3.05, 3.63) is 92.9 Å². The number of sulfonamides is 1. The van der Waals surface area contributed by atoms with E-state index < -0.39 is 10.0 Å². The van der Waals surface area contributed by atoms with Crippen LogP contribution in [0.2, 0.25) is 5.02 Å². The van der Waals surface area contributed by atoms with E-state index in [1.54, 1.807) is 15.3 Å². The van der Waals surface area contributed by atoms with Gasteiger partial charge in [0, 0.05) is 48.1 Å². The Morgan fingerprint density at radius 2 is 1.55 bits per heavy atom. The van der Waals surface area contributed by atoms with Crippen LogP contribution >= 0.6 is 27.5 Å². The fourth-order valence-corrected chi connectivity index (χ4v) is 8.14. The predicted octanol–water partition coefficient (Wildman–Crippen LogP) is 5.50. The molecule has 0 bridgehead atoms. The normalized spacial score (nSPS) is 19.4. The first-order valence-electron chi connectivity index (χ1n) is 13.0. The van der Waals surface area contributed by atoms with Crippen molar-refractivity contribution in [2.24, 2.45) is 5.92 Å². The quantitative estimate of drug-likeness (QED) is 0.368. The molecule has 0 radical (unpaired) electrons. The largest absolute Gasteiger partial charge is 0.310 e. The Kier molecular flexibility index (Phi) is 7.12. The molecule has 2 heterocycles. The predicted molar refractivity (Wildman–Crippen MR) is 153 cm³/mol. The Labute approximate surface area is 237 Å². The maximum absolute atomic E-state index is 14.0. The zero-order valence-electron chi connectivity index (χ0n) is 20.9. The van der Waals surface area contributed by atoms with Crippen LogP contribution in [-0.4, -0.2) is 56.3 Å². The van der Waals surface area contributed by atoms with Gasteiger partial charge in [0.15, 0.2) is 0 Å². The van der Waals surface area contributed by atoms with E-state index in [4.69, 9.17) is 11.6 Å². The van der Waals surface area contributed by atoms with Gasteiger partial charge in [-0.3, -0.25) is 9.69 Å². The molecule has 0 aromatic heterocycles. The monoisotopic (exact) mass is 613 g/mol. The summed E-state index contributed by atoms with van der Waals surface area (Å²) in [6.07, 6.45) is 2.45. The van der Waals surface area contributed by atoms with E-state index in [1.165, 1.54) is 0 Å². The van der Waals surface area contributed by atoms with Crippen molar-refractivity contribution < 1.29 is 13.2 Å². The molecule has 6 nitrogen and oxygen atoms in total. The number of anilines is 1. The highest BCUT2D eigenvalue weighted by Gasteiger charge is 2.41. The van der Waals surface area contributed by atoms with Gasteiger partial charge >= 0.3 is 0 Å². The minimum atomic E-state index is -3.80. The van der Waals surface area contributed by atoms with E-state index in [-0.39, 0.29) is 22.8 Å². The van der Waals surface area contributed by atoms with Gasteiger partial charge in [-0.15, -0.1) is 0 Å². The van der Waals surface area contributed by atoms with E-state index in [9.17, 15) is 13.2 Å². The van der Waals surface area contributed by atoms with E-state index in [0.717, 1.165) is 34.0 Å². The molecule has 1 saturated carbocycles. The fraction of sp³-hybridized carbons (Fsp3) is 0.345. The number of carbonyl (C=O) groups is 1. The van der Waals surface area contributed by atoms with Crippen LogP contribution in [0.1, 0.15) is 35.6 Å². The highest BCUT2D eigenvalue weighted by molar-refractivity contribution is 9.10. The lowest BCUT2D eigenvalue weighted by molar-refractivity contribution is -0.119. The molecule has 0 spiro atoms. The van der Waals surface area contributed by atoms with E-state index >= 15 is 0 Å².